The summed E-state index contributed by atoms with van der Waals surface area (Å²) >= 11 is 0. The normalized spacial score (nSPS) is 15.7. The molecule has 0 aliphatic heterocycles. The number of carbonyl (C=O) groups excluding carboxylic acids is 1. The lowest BCUT2D eigenvalue weighted by molar-refractivity contribution is -0.141. The molecule has 1 unspecified atom stereocenters. The van der Waals surface area contributed by atoms with Gasteiger partial charge in [-0.15, -0.1) is 0 Å². The van der Waals surface area contributed by atoms with Crippen LogP contribution in [0, 0.1) is 29.0 Å². The SMILES string of the molecule is N#Cc1cccc(-n2nc(C(F)(F)F)cc2C(=O)Nc2cc(C(c3ccccc3)N(CC3CC3)CC3CC3)ccc2F)c1. The van der Waals surface area contributed by atoms with Crippen LogP contribution in [0.4, 0.5) is 23.2 Å². The van der Waals surface area contributed by atoms with Crippen molar-refractivity contribution in [1.82, 2.24) is 14.7 Å². The molecule has 3 aromatic carbocycles. The first-order valence-electron chi connectivity index (χ1n) is 14.3. The molecule has 1 N–H and O–H groups in total. The van der Waals surface area contributed by atoms with E-state index in [4.69, 9.17) is 0 Å². The van der Waals surface area contributed by atoms with Crippen molar-refractivity contribution in [3.05, 3.63) is 113 Å². The summed E-state index contributed by atoms with van der Waals surface area (Å²) in [5, 5.41) is 15.4. The van der Waals surface area contributed by atoms with Crippen LogP contribution in [-0.4, -0.2) is 33.7 Å². The number of aromatic nitrogens is 2. The Kier molecular flexibility index (Phi) is 7.75. The van der Waals surface area contributed by atoms with Crippen LogP contribution < -0.4 is 5.32 Å². The highest BCUT2D eigenvalue weighted by atomic mass is 19.4. The monoisotopic (exact) mass is 587 g/mol. The minimum Gasteiger partial charge on any atom is -0.318 e. The van der Waals surface area contributed by atoms with Crippen LogP contribution in [0.25, 0.3) is 5.69 Å². The molecule has 0 bridgehead atoms. The first kappa shape index (κ1) is 28.6. The van der Waals surface area contributed by atoms with E-state index < -0.39 is 29.3 Å². The van der Waals surface area contributed by atoms with E-state index in [1.165, 1.54) is 56.0 Å². The van der Waals surface area contributed by atoms with Crippen LogP contribution in [0.2, 0.25) is 0 Å². The minimum atomic E-state index is -4.83. The summed E-state index contributed by atoms with van der Waals surface area (Å²) in [7, 11) is 0. The maximum absolute atomic E-state index is 15.2. The number of hydrogen-bond donors (Lipinski definition) is 1. The van der Waals surface area contributed by atoms with Crippen LogP contribution in [0.5, 0.6) is 0 Å². The van der Waals surface area contributed by atoms with Gasteiger partial charge in [-0.2, -0.15) is 23.5 Å². The molecule has 0 spiro atoms. The summed E-state index contributed by atoms with van der Waals surface area (Å²) in [6.07, 6.45) is -0.110. The number of nitrogens with zero attached hydrogens (tertiary/aromatic N) is 4. The van der Waals surface area contributed by atoms with Crippen molar-refractivity contribution in [2.24, 2.45) is 11.8 Å². The van der Waals surface area contributed by atoms with Gasteiger partial charge in [0.05, 0.1) is 29.0 Å². The fourth-order valence-corrected chi connectivity index (χ4v) is 5.38. The van der Waals surface area contributed by atoms with Gasteiger partial charge in [0.2, 0.25) is 0 Å². The molecule has 1 aromatic heterocycles. The molecule has 10 heteroatoms. The number of rotatable bonds is 10. The number of halogens is 4. The van der Waals surface area contributed by atoms with E-state index >= 15 is 4.39 Å². The van der Waals surface area contributed by atoms with Gasteiger partial charge < -0.3 is 5.32 Å². The maximum atomic E-state index is 15.2. The number of hydrogen-bond acceptors (Lipinski definition) is 4. The van der Waals surface area contributed by atoms with E-state index in [0.29, 0.717) is 17.9 Å². The molecule has 1 amide bonds. The van der Waals surface area contributed by atoms with Crippen LogP contribution in [0.1, 0.15) is 64.6 Å². The van der Waals surface area contributed by atoms with E-state index in [1.54, 1.807) is 12.1 Å². The van der Waals surface area contributed by atoms with Gasteiger partial charge in [0, 0.05) is 19.2 Å². The Balaban J connectivity index is 1.36. The lowest BCUT2D eigenvalue weighted by atomic mass is 9.95. The molecule has 0 radical (unpaired) electrons. The summed E-state index contributed by atoms with van der Waals surface area (Å²) in [4.78, 5) is 15.9. The molecule has 1 atom stereocenters. The highest BCUT2D eigenvalue weighted by molar-refractivity contribution is 6.03. The number of anilines is 1. The topological polar surface area (TPSA) is 73.9 Å². The Morgan fingerprint density at radius 1 is 0.953 bits per heavy atom. The summed E-state index contributed by atoms with van der Waals surface area (Å²) in [6, 6.07) is 22.6. The molecule has 1 heterocycles. The van der Waals surface area contributed by atoms with Crippen molar-refractivity contribution in [3.63, 3.8) is 0 Å². The lowest BCUT2D eigenvalue weighted by Crippen LogP contribution is -2.33. The quantitative estimate of drug-likeness (QED) is 0.197. The molecule has 2 aliphatic carbocycles. The van der Waals surface area contributed by atoms with E-state index in [-0.39, 0.29) is 23.0 Å². The largest absolute Gasteiger partial charge is 0.435 e. The Morgan fingerprint density at radius 3 is 2.28 bits per heavy atom. The molecular weight excluding hydrogens is 558 g/mol. The number of carbonyl (C=O) groups is 1. The zero-order chi connectivity index (χ0) is 30.1. The number of alkyl halides is 3. The maximum Gasteiger partial charge on any atom is 0.435 e. The Hall–Kier alpha value is -4.49. The highest BCUT2D eigenvalue weighted by Crippen LogP contribution is 2.40. The Labute approximate surface area is 246 Å². The summed E-state index contributed by atoms with van der Waals surface area (Å²) in [5.41, 5.74) is 0.209. The van der Waals surface area contributed by atoms with Gasteiger partial charge in [0.25, 0.3) is 5.91 Å². The smallest absolute Gasteiger partial charge is 0.318 e. The number of nitriles is 1. The van der Waals surface area contributed by atoms with Gasteiger partial charge >= 0.3 is 6.18 Å². The molecule has 6 rings (SSSR count). The molecule has 2 fully saturated rings. The third-order valence-corrected chi connectivity index (χ3v) is 7.87. The van der Waals surface area contributed by atoms with Crippen LogP contribution in [0.15, 0.2) is 78.9 Å². The van der Waals surface area contributed by atoms with E-state index in [1.807, 2.05) is 36.4 Å². The van der Waals surface area contributed by atoms with Crippen LogP contribution in [-0.2, 0) is 6.18 Å². The Morgan fingerprint density at radius 2 is 1.65 bits per heavy atom. The molecule has 43 heavy (non-hydrogen) atoms. The van der Waals surface area contributed by atoms with E-state index in [9.17, 15) is 23.2 Å². The van der Waals surface area contributed by atoms with Gasteiger partial charge in [-0.3, -0.25) is 9.69 Å². The molecule has 220 valence electrons. The molecule has 6 nitrogen and oxygen atoms in total. The zero-order valence-corrected chi connectivity index (χ0v) is 23.2. The lowest BCUT2D eigenvalue weighted by Gasteiger charge is -2.33. The van der Waals surface area contributed by atoms with Crippen molar-refractivity contribution in [1.29, 1.82) is 5.26 Å². The fourth-order valence-electron chi connectivity index (χ4n) is 5.38. The molecular formula is C33H29F4N5O. The first-order chi connectivity index (χ1) is 20.7. The van der Waals surface area contributed by atoms with Gasteiger partial charge in [0.15, 0.2) is 5.69 Å². The summed E-state index contributed by atoms with van der Waals surface area (Å²) in [6.45, 7) is 1.83. The van der Waals surface area contributed by atoms with E-state index in [0.717, 1.165) is 28.9 Å². The highest BCUT2D eigenvalue weighted by Gasteiger charge is 2.37. The predicted octanol–water partition coefficient (Wildman–Crippen LogP) is 7.37. The average molecular weight is 588 g/mol. The first-order valence-corrected chi connectivity index (χ1v) is 14.3. The van der Waals surface area contributed by atoms with Crippen molar-refractivity contribution in [3.8, 4) is 11.8 Å². The molecule has 2 saturated carbocycles. The standard InChI is InChI=1S/C33H29F4N5O/c34-27-14-13-25(31(24-6-2-1-3-7-24)41(19-21-9-10-21)20-22-11-12-22)16-28(27)39-32(43)29-17-30(33(35,36)37)40-42(29)26-8-4-5-23(15-26)18-38/h1-8,13-17,21-22,31H,9-12,19-20H2,(H,39,43). The second-order valence-corrected chi connectivity index (χ2v) is 11.3. The third-order valence-electron chi connectivity index (χ3n) is 7.87. The Bertz CT molecular complexity index is 1650. The average Bonchev–Trinajstić information content (AvgIpc) is 3.94. The van der Waals surface area contributed by atoms with E-state index in [2.05, 4.69) is 15.3 Å². The molecule has 0 saturated heterocycles. The summed E-state index contributed by atoms with van der Waals surface area (Å²) < 4.78 is 56.9. The zero-order valence-electron chi connectivity index (χ0n) is 23.2. The minimum absolute atomic E-state index is 0.0915. The number of nitrogens with one attached hydrogen (secondary N) is 1. The second kappa shape index (κ2) is 11.7. The third kappa shape index (κ3) is 6.62. The van der Waals surface area contributed by atoms with Crippen molar-refractivity contribution in [2.75, 3.05) is 18.4 Å². The van der Waals surface area contributed by atoms with Crippen LogP contribution >= 0.6 is 0 Å². The van der Waals surface area contributed by atoms with Gasteiger partial charge in [-0.05, 0) is 79.0 Å². The summed E-state index contributed by atoms with van der Waals surface area (Å²) in [5.74, 6) is -0.446. The molecule has 2 aliphatic rings. The predicted molar refractivity (Wildman–Crippen MR) is 153 cm³/mol. The number of amides is 1. The fraction of sp³-hybridized carbons (Fsp3) is 0.303. The number of benzene rings is 3. The van der Waals surface area contributed by atoms with Crippen molar-refractivity contribution >= 4 is 11.6 Å². The van der Waals surface area contributed by atoms with Gasteiger partial charge in [-0.1, -0.05) is 42.5 Å². The van der Waals surface area contributed by atoms with Crippen molar-refractivity contribution < 1.29 is 22.4 Å². The molecule has 4 aromatic rings. The second-order valence-electron chi connectivity index (χ2n) is 11.3. The van der Waals surface area contributed by atoms with Gasteiger partial charge in [0.1, 0.15) is 11.5 Å². The van der Waals surface area contributed by atoms with Crippen molar-refractivity contribution in [2.45, 2.75) is 37.9 Å². The van der Waals surface area contributed by atoms with Crippen LogP contribution in [0.3, 0.4) is 0 Å². The van der Waals surface area contributed by atoms with Gasteiger partial charge in [-0.25, -0.2) is 9.07 Å².